The summed E-state index contributed by atoms with van der Waals surface area (Å²) < 4.78 is 1.93. The lowest BCUT2D eigenvalue weighted by molar-refractivity contribution is 0.0617. The summed E-state index contributed by atoms with van der Waals surface area (Å²) in [6, 6.07) is 2.63. The molecule has 1 fully saturated rings. The Bertz CT molecular complexity index is 329. The van der Waals surface area contributed by atoms with Gasteiger partial charge in [-0.15, -0.1) is 0 Å². The smallest absolute Gasteiger partial charge is 0.0625 e. The van der Waals surface area contributed by atoms with E-state index < -0.39 is 0 Å². The molecule has 0 spiro atoms. The molecule has 0 radical (unpaired) electrons. The van der Waals surface area contributed by atoms with Gasteiger partial charge in [-0.1, -0.05) is 6.92 Å². The van der Waals surface area contributed by atoms with Crippen LogP contribution < -0.4 is 5.32 Å². The molecule has 0 bridgehead atoms. The van der Waals surface area contributed by atoms with Gasteiger partial charge >= 0.3 is 0 Å². The van der Waals surface area contributed by atoms with Crippen molar-refractivity contribution in [2.24, 2.45) is 7.05 Å². The van der Waals surface area contributed by atoms with E-state index in [1.165, 1.54) is 5.69 Å². The van der Waals surface area contributed by atoms with E-state index in [1.807, 2.05) is 11.7 Å². The Hall–Kier alpha value is -0.870. The fourth-order valence-electron chi connectivity index (χ4n) is 1.91. The zero-order chi connectivity index (χ0) is 10.8. The highest BCUT2D eigenvalue weighted by molar-refractivity contribution is 5.10. The predicted octanol–water partition coefficient (Wildman–Crippen LogP) is 0.595. The Morgan fingerprint density at radius 1 is 1.60 bits per heavy atom. The van der Waals surface area contributed by atoms with Gasteiger partial charge in [-0.05, 0) is 25.3 Å². The molecule has 0 aliphatic heterocycles. The van der Waals surface area contributed by atoms with Gasteiger partial charge in [0, 0.05) is 19.6 Å². The minimum absolute atomic E-state index is 0.0831. The molecule has 0 saturated heterocycles. The first-order valence-electron chi connectivity index (χ1n) is 5.62. The van der Waals surface area contributed by atoms with Gasteiger partial charge in [-0.2, -0.15) is 5.10 Å². The number of nitrogens with zero attached hydrogens (tertiary/aromatic N) is 2. The lowest BCUT2D eigenvalue weighted by atomic mass is 9.89. The van der Waals surface area contributed by atoms with Crippen molar-refractivity contribution >= 4 is 0 Å². The second-order valence-electron chi connectivity index (χ2n) is 4.31. The molecule has 1 aliphatic carbocycles. The first kappa shape index (κ1) is 10.6. The molecular formula is C11H19N3O. The van der Waals surface area contributed by atoms with E-state index in [0.717, 1.165) is 31.5 Å². The Kier molecular flexibility index (Phi) is 3.07. The molecular weight excluding hydrogens is 190 g/mol. The van der Waals surface area contributed by atoms with Gasteiger partial charge in [0.2, 0.25) is 0 Å². The van der Waals surface area contributed by atoms with Crippen LogP contribution in [0.3, 0.4) is 0 Å². The van der Waals surface area contributed by atoms with Crippen molar-refractivity contribution in [1.82, 2.24) is 15.1 Å². The standard InChI is InChI=1S/C11H19N3O/c1-3-8-4-10(14(2)13-8)7-12-9-5-11(15)6-9/h4,9,11-12,15H,3,5-7H2,1-2H3. The van der Waals surface area contributed by atoms with Crippen LogP contribution in [0.4, 0.5) is 0 Å². The molecule has 0 amide bonds. The fourth-order valence-corrected chi connectivity index (χ4v) is 1.91. The van der Waals surface area contributed by atoms with Crippen LogP contribution in [0.25, 0.3) is 0 Å². The van der Waals surface area contributed by atoms with E-state index in [9.17, 15) is 0 Å². The summed E-state index contributed by atoms with van der Waals surface area (Å²) >= 11 is 0. The summed E-state index contributed by atoms with van der Waals surface area (Å²) in [5.74, 6) is 0. The second-order valence-corrected chi connectivity index (χ2v) is 4.31. The van der Waals surface area contributed by atoms with Gasteiger partial charge in [0.1, 0.15) is 0 Å². The Labute approximate surface area is 90.3 Å². The van der Waals surface area contributed by atoms with Crippen LogP contribution in [0.5, 0.6) is 0 Å². The lowest BCUT2D eigenvalue weighted by Crippen LogP contribution is -2.43. The van der Waals surface area contributed by atoms with Crippen LogP contribution in [0, 0.1) is 0 Å². The number of rotatable bonds is 4. The van der Waals surface area contributed by atoms with Crippen LogP contribution in [0.1, 0.15) is 31.2 Å². The molecule has 0 unspecified atom stereocenters. The highest BCUT2D eigenvalue weighted by atomic mass is 16.3. The number of aryl methyl sites for hydroxylation is 2. The molecule has 1 saturated carbocycles. The van der Waals surface area contributed by atoms with Crippen LogP contribution in [-0.2, 0) is 20.0 Å². The molecule has 2 N–H and O–H groups in total. The van der Waals surface area contributed by atoms with Crippen molar-refractivity contribution in [2.45, 2.75) is 44.9 Å². The summed E-state index contributed by atoms with van der Waals surface area (Å²) in [5.41, 5.74) is 2.36. The predicted molar refractivity (Wildman–Crippen MR) is 58.5 cm³/mol. The number of aromatic nitrogens is 2. The third-order valence-electron chi connectivity index (χ3n) is 3.07. The highest BCUT2D eigenvalue weighted by Gasteiger charge is 2.26. The van der Waals surface area contributed by atoms with Crippen molar-refractivity contribution in [1.29, 1.82) is 0 Å². The summed E-state index contributed by atoms with van der Waals surface area (Å²) in [6.07, 6.45) is 2.67. The van der Waals surface area contributed by atoms with Crippen LogP contribution in [0.2, 0.25) is 0 Å². The van der Waals surface area contributed by atoms with Crippen molar-refractivity contribution in [2.75, 3.05) is 0 Å². The molecule has 0 atom stereocenters. The zero-order valence-corrected chi connectivity index (χ0v) is 9.40. The molecule has 1 aliphatic rings. The fraction of sp³-hybridized carbons (Fsp3) is 0.727. The lowest BCUT2D eigenvalue weighted by Gasteiger charge is -2.32. The third kappa shape index (κ3) is 2.38. The Morgan fingerprint density at radius 3 is 2.87 bits per heavy atom. The highest BCUT2D eigenvalue weighted by Crippen LogP contribution is 2.19. The number of hydrogen-bond donors (Lipinski definition) is 2. The summed E-state index contributed by atoms with van der Waals surface area (Å²) in [4.78, 5) is 0. The van der Waals surface area contributed by atoms with Gasteiger partial charge in [-0.25, -0.2) is 0 Å². The summed E-state index contributed by atoms with van der Waals surface area (Å²) in [7, 11) is 1.98. The van der Waals surface area contributed by atoms with Crippen LogP contribution in [0.15, 0.2) is 6.07 Å². The SMILES string of the molecule is CCc1cc(CNC2CC(O)C2)n(C)n1. The van der Waals surface area contributed by atoms with Crippen molar-refractivity contribution < 1.29 is 5.11 Å². The summed E-state index contributed by atoms with van der Waals surface area (Å²) in [6.45, 7) is 2.96. The summed E-state index contributed by atoms with van der Waals surface area (Å²) in [5, 5.41) is 17.0. The van der Waals surface area contributed by atoms with E-state index in [1.54, 1.807) is 0 Å². The van der Waals surface area contributed by atoms with Crippen molar-refractivity contribution in [3.8, 4) is 0 Å². The number of nitrogens with one attached hydrogen (secondary N) is 1. The quantitative estimate of drug-likeness (QED) is 0.763. The molecule has 4 heteroatoms. The van der Waals surface area contributed by atoms with E-state index in [2.05, 4.69) is 23.4 Å². The maximum absolute atomic E-state index is 9.15. The number of aliphatic hydroxyl groups excluding tert-OH is 1. The molecule has 15 heavy (non-hydrogen) atoms. The van der Waals surface area contributed by atoms with E-state index >= 15 is 0 Å². The third-order valence-corrected chi connectivity index (χ3v) is 3.07. The maximum Gasteiger partial charge on any atom is 0.0625 e. The normalized spacial score (nSPS) is 25.3. The van der Waals surface area contributed by atoms with Gasteiger partial charge in [0.15, 0.2) is 0 Å². The van der Waals surface area contributed by atoms with Gasteiger partial charge in [0.05, 0.1) is 17.5 Å². The number of aliphatic hydroxyl groups is 1. The van der Waals surface area contributed by atoms with E-state index in [-0.39, 0.29) is 6.10 Å². The molecule has 1 heterocycles. The number of hydrogen-bond acceptors (Lipinski definition) is 3. The molecule has 1 aromatic heterocycles. The monoisotopic (exact) mass is 209 g/mol. The zero-order valence-electron chi connectivity index (χ0n) is 9.40. The van der Waals surface area contributed by atoms with Crippen molar-refractivity contribution in [3.63, 3.8) is 0 Å². The first-order valence-corrected chi connectivity index (χ1v) is 5.62. The van der Waals surface area contributed by atoms with Crippen molar-refractivity contribution in [3.05, 3.63) is 17.5 Å². The van der Waals surface area contributed by atoms with E-state index in [0.29, 0.717) is 6.04 Å². The topological polar surface area (TPSA) is 50.1 Å². The average Bonchev–Trinajstić information content (AvgIpc) is 2.52. The maximum atomic E-state index is 9.15. The minimum atomic E-state index is -0.0831. The molecule has 84 valence electrons. The van der Waals surface area contributed by atoms with Gasteiger partial charge in [0.25, 0.3) is 0 Å². The van der Waals surface area contributed by atoms with Crippen LogP contribution >= 0.6 is 0 Å². The molecule has 0 aromatic carbocycles. The molecule has 1 aromatic rings. The first-order chi connectivity index (χ1) is 7.19. The van der Waals surface area contributed by atoms with E-state index in [4.69, 9.17) is 5.11 Å². The average molecular weight is 209 g/mol. The second kappa shape index (κ2) is 4.33. The Balaban J connectivity index is 1.85. The largest absolute Gasteiger partial charge is 0.393 e. The van der Waals surface area contributed by atoms with Gasteiger partial charge in [-0.3, -0.25) is 4.68 Å². The Morgan fingerprint density at radius 2 is 2.33 bits per heavy atom. The van der Waals surface area contributed by atoms with Crippen LogP contribution in [-0.4, -0.2) is 27.0 Å². The minimum Gasteiger partial charge on any atom is -0.393 e. The molecule has 4 nitrogen and oxygen atoms in total. The molecule has 2 rings (SSSR count). The van der Waals surface area contributed by atoms with Gasteiger partial charge < -0.3 is 10.4 Å².